The number of non-ortho nitro benzene ring substituents is 1. The molecule has 0 aliphatic heterocycles. The normalized spacial score (nSPS) is 9.80. The molecule has 2 aromatic carbocycles. The van der Waals surface area contributed by atoms with Crippen LogP contribution in [0.15, 0.2) is 42.5 Å². The van der Waals surface area contributed by atoms with E-state index in [-0.39, 0.29) is 5.69 Å². The van der Waals surface area contributed by atoms with E-state index in [0.29, 0.717) is 16.9 Å². The highest BCUT2D eigenvalue weighted by atomic mass is 16.6. The smallest absolute Gasteiger partial charge is 0.273 e. The first-order valence-corrected chi connectivity index (χ1v) is 5.80. The van der Waals surface area contributed by atoms with Crippen LogP contribution in [-0.2, 0) is 0 Å². The second-order valence-corrected chi connectivity index (χ2v) is 4.26. The molecule has 0 spiro atoms. The average Bonchev–Trinajstić information content (AvgIpc) is 2.46. The summed E-state index contributed by atoms with van der Waals surface area (Å²) in [4.78, 5) is 12.1. The molecule has 0 aliphatic carbocycles. The van der Waals surface area contributed by atoms with E-state index in [2.05, 4.69) is 0 Å². The van der Waals surface area contributed by atoms with Gasteiger partial charge in [0.05, 0.1) is 16.6 Å². The average molecular weight is 268 g/mol. The molecular weight excluding hydrogens is 256 g/mol. The third-order valence-electron chi connectivity index (χ3n) is 2.91. The van der Waals surface area contributed by atoms with Crippen LogP contribution in [0.2, 0.25) is 0 Å². The van der Waals surface area contributed by atoms with E-state index in [1.165, 1.54) is 12.1 Å². The fraction of sp³-hybridized carbons (Fsp3) is 0.0714. The van der Waals surface area contributed by atoms with E-state index in [1.54, 1.807) is 42.3 Å². The molecule has 0 aliphatic rings. The molecule has 0 aromatic heterocycles. The van der Waals surface area contributed by atoms with Gasteiger partial charge in [-0.25, -0.2) is 0 Å². The first-order chi connectivity index (χ1) is 9.51. The van der Waals surface area contributed by atoms with Gasteiger partial charge in [0.1, 0.15) is 0 Å². The van der Waals surface area contributed by atoms with Crippen molar-refractivity contribution in [1.82, 2.24) is 0 Å². The van der Waals surface area contributed by atoms with Crippen molar-refractivity contribution in [3.63, 3.8) is 0 Å². The molecule has 0 amide bonds. The lowest BCUT2D eigenvalue weighted by Crippen LogP contribution is -2.10. The van der Waals surface area contributed by atoms with Gasteiger partial charge in [-0.2, -0.15) is 5.26 Å². The highest BCUT2D eigenvalue weighted by Gasteiger charge is 2.12. The van der Waals surface area contributed by atoms with Crippen LogP contribution in [0.25, 0.3) is 0 Å². The van der Waals surface area contributed by atoms with Crippen LogP contribution in [0.4, 0.5) is 22.7 Å². The van der Waals surface area contributed by atoms with Gasteiger partial charge >= 0.3 is 0 Å². The second-order valence-electron chi connectivity index (χ2n) is 4.26. The SMILES string of the molecule is CN(c1ccc(C#N)cc1)c1cc(N)cc([N+](=O)[O-])c1. The summed E-state index contributed by atoms with van der Waals surface area (Å²) in [7, 11) is 1.78. The van der Waals surface area contributed by atoms with Gasteiger partial charge in [0.25, 0.3) is 5.69 Å². The standard InChI is InChI=1S/C14H12N4O2/c1-17(12-4-2-10(9-15)3-5-12)13-6-11(16)7-14(8-13)18(19)20/h2-8H,16H2,1H3. The first-order valence-electron chi connectivity index (χ1n) is 5.80. The van der Waals surface area contributed by atoms with Gasteiger partial charge in [0.15, 0.2) is 0 Å². The van der Waals surface area contributed by atoms with Crippen molar-refractivity contribution in [2.45, 2.75) is 0 Å². The Morgan fingerprint density at radius 2 is 1.85 bits per heavy atom. The van der Waals surface area contributed by atoms with Crippen LogP contribution in [0, 0.1) is 21.4 Å². The van der Waals surface area contributed by atoms with Crippen molar-refractivity contribution in [3.8, 4) is 6.07 Å². The van der Waals surface area contributed by atoms with E-state index in [9.17, 15) is 10.1 Å². The van der Waals surface area contributed by atoms with E-state index in [1.807, 2.05) is 6.07 Å². The summed E-state index contributed by atoms with van der Waals surface area (Å²) < 4.78 is 0. The van der Waals surface area contributed by atoms with Crippen LogP contribution < -0.4 is 10.6 Å². The summed E-state index contributed by atoms with van der Waals surface area (Å²) >= 11 is 0. The molecule has 20 heavy (non-hydrogen) atoms. The highest BCUT2D eigenvalue weighted by molar-refractivity contribution is 5.69. The summed E-state index contributed by atoms with van der Waals surface area (Å²) in [6, 6.07) is 13.4. The molecule has 0 radical (unpaired) electrons. The van der Waals surface area contributed by atoms with Crippen LogP contribution >= 0.6 is 0 Å². The number of anilines is 3. The third kappa shape index (κ3) is 2.67. The molecule has 6 heteroatoms. The molecule has 0 saturated heterocycles. The zero-order valence-corrected chi connectivity index (χ0v) is 10.8. The Bertz CT molecular complexity index is 689. The molecule has 0 fully saturated rings. The number of nitro groups is 1. The van der Waals surface area contributed by atoms with Crippen molar-refractivity contribution in [1.29, 1.82) is 5.26 Å². The number of nitriles is 1. The van der Waals surface area contributed by atoms with Crippen molar-refractivity contribution in [2.75, 3.05) is 17.7 Å². The predicted molar refractivity (Wildman–Crippen MR) is 76.7 cm³/mol. The van der Waals surface area contributed by atoms with Crippen molar-refractivity contribution in [2.24, 2.45) is 0 Å². The Labute approximate surface area is 115 Å². The maximum Gasteiger partial charge on any atom is 0.273 e. The number of nitrogens with zero attached hydrogens (tertiary/aromatic N) is 3. The first kappa shape index (κ1) is 13.4. The zero-order valence-electron chi connectivity index (χ0n) is 10.8. The lowest BCUT2D eigenvalue weighted by atomic mass is 10.2. The van der Waals surface area contributed by atoms with Gasteiger partial charge < -0.3 is 10.6 Å². The molecule has 2 aromatic rings. The lowest BCUT2D eigenvalue weighted by molar-refractivity contribution is -0.384. The summed E-state index contributed by atoms with van der Waals surface area (Å²) in [5.74, 6) is 0. The van der Waals surface area contributed by atoms with E-state index in [4.69, 9.17) is 11.0 Å². The molecule has 2 N–H and O–H groups in total. The van der Waals surface area contributed by atoms with Gasteiger partial charge in [-0.05, 0) is 30.3 Å². The molecule has 0 saturated carbocycles. The Hall–Kier alpha value is -3.07. The minimum absolute atomic E-state index is 0.0551. The van der Waals surface area contributed by atoms with Gasteiger partial charge in [-0.15, -0.1) is 0 Å². The maximum atomic E-state index is 10.8. The van der Waals surface area contributed by atoms with Crippen LogP contribution in [0.1, 0.15) is 5.56 Å². The maximum absolute atomic E-state index is 10.8. The summed E-state index contributed by atoms with van der Waals surface area (Å²) in [5.41, 5.74) is 7.94. The lowest BCUT2D eigenvalue weighted by Gasteiger charge is -2.19. The number of nitro benzene ring substituents is 1. The molecule has 100 valence electrons. The summed E-state index contributed by atoms with van der Waals surface area (Å²) in [6.45, 7) is 0. The molecule has 2 rings (SSSR count). The number of nitrogens with two attached hydrogens (primary N) is 1. The summed E-state index contributed by atoms with van der Waals surface area (Å²) in [5, 5.41) is 19.6. The monoisotopic (exact) mass is 268 g/mol. The Morgan fingerprint density at radius 1 is 1.20 bits per heavy atom. The van der Waals surface area contributed by atoms with Gasteiger partial charge in [-0.3, -0.25) is 10.1 Å². The quantitative estimate of drug-likeness (QED) is 0.524. The fourth-order valence-corrected chi connectivity index (χ4v) is 1.83. The summed E-state index contributed by atoms with van der Waals surface area (Å²) in [6.07, 6.45) is 0. The van der Waals surface area contributed by atoms with Crippen molar-refractivity contribution >= 4 is 22.7 Å². The third-order valence-corrected chi connectivity index (χ3v) is 2.91. The van der Waals surface area contributed by atoms with E-state index < -0.39 is 4.92 Å². The molecular formula is C14H12N4O2. The molecule has 0 heterocycles. The largest absolute Gasteiger partial charge is 0.398 e. The minimum Gasteiger partial charge on any atom is -0.398 e. The molecule has 6 nitrogen and oxygen atoms in total. The van der Waals surface area contributed by atoms with E-state index >= 15 is 0 Å². The van der Waals surface area contributed by atoms with Gasteiger partial charge in [0.2, 0.25) is 0 Å². The van der Waals surface area contributed by atoms with Gasteiger partial charge in [-0.1, -0.05) is 0 Å². The molecule has 0 unspecified atom stereocenters. The number of rotatable bonds is 3. The molecule has 0 bridgehead atoms. The Morgan fingerprint density at radius 3 is 2.40 bits per heavy atom. The Kier molecular flexibility index (Phi) is 3.53. The predicted octanol–water partition coefficient (Wildman–Crippen LogP) is 2.82. The van der Waals surface area contributed by atoms with Crippen LogP contribution in [0.5, 0.6) is 0 Å². The topological polar surface area (TPSA) is 96.2 Å². The van der Waals surface area contributed by atoms with E-state index in [0.717, 1.165) is 5.69 Å². The van der Waals surface area contributed by atoms with Gasteiger partial charge in [0, 0.05) is 36.2 Å². The highest BCUT2D eigenvalue weighted by Crippen LogP contribution is 2.29. The number of nitrogen functional groups attached to an aromatic ring is 1. The van der Waals surface area contributed by atoms with Crippen LogP contribution in [0.3, 0.4) is 0 Å². The van der Waals surface area contributed by atoms with Crippen molar-refractivity contribution in [3.05, 3.63) is 58.1 Å². The van der Waals surface area contributed by atoms with Crippen LogP contribution in [-0.4, -0.2) is 12.0 Å². The fourth-order valence-electron chi connectivity index (χ4n) is 1.83. The number of hydrogen-bond acceptors (Lipinski definition) is 5. The second kappa shape index (κ2) is 5.28. The molecule has 0 atom stereocenters. The zero-order chi connectivity index (χ0) is 14.7. The Balaban J connectivity index is 2.39. The number of hydrogen-bond donors (Lipinski definition) is 1. The number of benzene rings is 2. The van der Waals surface area contributed by atoms with Crippen molar-refractivity contribution < 1.29 is 4.92 Å². The minimum atomic E-state index is -0.480.